The van der Waals surface area contributed by atoms with Gasteiger partial charge in [0.1, 0.15) is 10.6 Å². The SMILES string of the molecule is COc1ccc2c(c1)c(=O)c(S(=O)(=O)c1ccc(C)cc1)cn2Cc1ccc(C)cc1. The van der Waals surface area contributed by atoms with Gasteiger partial charge in [0.05, 0.1) is 22.9 Å². The van der Waals surface area contributed by atoms with E-state index in [1.807, 2.05) is 42.7 Å². The van der Waals surface area contributed by atoms with Crippen molar-refractivity contribution < 1.29 is 13.2 Å². The maximum atomic E-state index is 13.4. The Labute approximate surface area is 181 Å². The molecular formula is C25H23NO4S. The first-order chi connectivity index (χ1) is 14.8. The Hall–Kier alpha value is -3.38. The minimum absolute atomic E-state index is 0.0966. The van der Waals surface area contributed by atoms with Crippen molar-refractivity contribution >= 4 is 20.7 Å². The molecule has 5 nitrogen and oxygen atoms in total. The number of benzene rings is 3. The lowest BCUT2D eigenvalue weighted by Crippen LogP contribution is -2.19. The Kier molecular flexibility index (Phi) is 5.41. The van der Waals surface area contributed by atoms with Gasteiger partial charge in [0, 0.05) is 12.7 Å². The molecule has 0 N–H and O–H groups in total. The number of hydrogen-bond donors (Lipinski definition) is 0. The molecule has 158 valence electrons. The molecule has 0 fully saturated rings. The minimum atomic E-state index is -3.99. The fourth-order valence-electron chi connectivity index (χ4n) is 3.53. The number of aromatic nitrogens is 1. The summed E-state index contributed by atoms with van der Waals surface area (Å²) in [6.45, 7) is 4.32. The second kappa shape index (κ2) is 8.04. The van der Waals surface area contributed by atoms with Gasteiger partial charge in [-0.1, -0.05) is 47.5 Å². The largest absolute Gasteiger partial charge is 0.497 e. The van der Waals surface area contributed by atoms with Crippen LogP contribution in [0.1, 0.15) is 16.7 Å². The highest BCUT2D eigenvalue weighted by atomic mass is 32.2. The molecule has 1 aromatic heterocycles. The second-order valence-electron chi connectivity index (χ2n) is 7.64. The van der Waals surface area contributed by atoms with Crippen molar-refractivity contribution in [2.75, 3.05) is 7.11 Å². The molecule has 0 unspecified atom stereocenters. The summed E-state index contributed by atoms with van der Waals surface area (Å²) in [5.74, 6) is 0.497. The predicted octanol–water partition coefficient (Wildman–Crippen LogP) is 4.51. The Morgan fingerprint density at radius 2 is 1.48 bits per heavy atom. The van der Waals surface area contributed by atoms with Crippen LogP contribution >= 0.6 is 0 Å². The third kappa shape index (κ3) is 3.99. The lowest BCUT2D eigenvalue weighted by Gasteiger charge is -2.15. The summed E-state index contributed by atoms with van der Waals surface area (Å²) in [4.78, 5) is 13.1. The molecule has 0 bridgehead atoms. The molecule has 0 radical (unpaired) electrons. The van der Waals surface area contributed by atoms with E-state index in [0.29, 0.717) is 23.2 Å². The van der Waals surface area contributed by atoms with Gasteiger partial charge < -0.3 is 9.30 Å². The molecule has 1 heterocycles. The van der Waals surface area contributed by atoms with E-state index in [2.05, 4.69) is 0 Å². The van der Waals surface area contributed by atoms with Crippen LogP contribution in [0.4, 0.5) is 0 Å². The Balaban J connectivity index is 1.96. The molecule has 0 saturated carbocycles. The summed E-state index contributed by atoms with van der Waals surface area (Å²) < 4.78 is 33.8. The zero-order valence-electron chi connectivity index (χ0n) is 17.6. The van der Waals surface area contributed by atoms with Gasteiger partial charge >= 0.3 is 0 Å². The number of nitrogens with zero attached hydrogens (tertiary/aromatic N) is 1. The fraction of sp³-hybridized carbons (Fsp3) is 0.160. The number of aryl methyl sites for hydroxylation is 2. The zero-order valence-corrected chi connectivity index (χ0v) is 18.4. The van der Waals surface area contributed by atoms with Gasteiger partial charge in [-0.15, -0.1) is 0 Å². The Morgan fingerprint density at radius 3 is 2.10 bits per heavy atom. The minimum Gasteiger partial charge on any atom is -0.497 e. The summed E-state index contributed by atoms with van der Waals surface area (Å²) in [5, 5.41) is 0.305. The highest BCUT2D eigenvalue weighted by Crippen LogP contribution is 2.25. The standard InChI is InChI=1S/C25H23NO4S/c1-17-4-8-19(9-5-17)15-26-16-24(31(28,29)21-11-6-18(2)7-12-21)25(27)22-14-20(30-3)10-13-23(22)26/h4-14,16H,15H2,1-3H3. The average molecular weight is 434 g/mol. The van der Waals surface area contributed by atoms with Crippen LogP contribution in [-0.2, 0) is 16.4 Å². The summed E-state index contributed by atoms with van der Waals surface area (Å²) in [5.41, 5.74) is 3.20. The third-order valence-corrected chi connectivity index (χ3v) is 7.11. The molecule has 4 rings (SSSR count). The van der Waals surface area contributed by atoms with Crippen LogP contribution in [0.5, 0.6) is 5.75 Å². The van der Waals surface area contributed by atoms with Crippen LogP contribution in [0.15, 0.2) is 87.5 Å². The number of hydrogen-bond acceptors (Lipinski definition) is 4. The molecule has 0 spiro atoms. The maximum Gasteiger partial charge on any atom is 0.211 e. The van der Waals surface area contributed by atoms with Crippen molar-refractivity contribution in [3.05, 3.63) is 99.8 Å². The number of ether oxygens (including phenoxy) is 1. The summed E-state index contributed by atoms with van der Waals surface area (Å²) in [7, 11) is -2.48. The number of sulfone groups is 1. The van der Waals surface area contributed by atoms with Crippen molar-refractivity contribution in [2.24, 2.45) is 0 Å². The van der Waals surface area contributed by atoms with E-state index in [1.54, 1.807) is 30.3 Å². The topological polar surface area (TPSA) is 65.4 Å². The number of pyridine rings is 1. The second-order valence-corrected chi connectivity index (χ2v) is 9.55. The van der Waals surface area contributed by atoms with Crippen LogP contribution in [0.25, 0.3) is 10.9 Å². The smallest absolute Gasteiger partial charge is 0.211 e. The summed E-state index contributed by atoms with van der Waals surface area (Å²) >= 11 is 0. The van der Waals surface area contributed by atoms with Gasteiger partial charge in [-0.05, 0) is 49.7 Å². The Morgan fingerprint density at radius 1 is 0.871 bits per heavy atom. The average Bonchev–Trinajstić information content (AvgIpc) is 2.77. The van der Waals surface area contributed by atoms with Crippen LogP contribution in [0.3, 0.4) is 0 Å². The molecule has 0 aliphatic rings. The quantitative estimate of drug-likeness (QED) is 0.465. The van der Waals surface area contributed by atoms with E-state index in [1.165, 1.54) is 25.4 Å². The molecular weight excluding hydrogens is 410 g/mol. The summed E-state index contributed by atoms with van der Waals surface area (Å²) in [6, 6.07) is 19.7. The van der Waals surface area contributed by atoms with Crippen molar-refractivity contribution in [1.29, 1.82) is 0 Å². The van der Waals surface area contributed by atoms with E-state index in [9.17, 15) is 13.2 Å². The van der Waals surface area contributed by atoms with E-state index < -0.39 is 15.3 Å². The molecule has 0 atom stereocenters. The lowest BCUT2D eigenvalue weighted by atomic mass is 10.1. The monoisotopic (exact) mass is 433 g/mol. The molecule has 3 aromatic carbocycles. The van der Waals surface area contributed by atoms with Crippen LogP contribution in [-0.4, -0.2) is 20.1 Å². The van der Waals surface area contributed by atoms with Crippen LogP contribution in [0, 0.1) is 13.8 Å². The van der Waals surface area contributed by atoms with Gasteiger partial charge in [0.25, 0.3) is 0 Å². The molecule has 6 heteroatoms. The predicted molar refractivity (Wildman–Crippen MR) is 122 cm³/mol. The Bertz CT molecular complexity index is 1420. The third-order valence-electron chi connectivity index (χ3n) is 5.35. The van der Waals surface area contributed by atoms with E-state index >= 15 is 0 Å². The number of methoxy groups -OCH3 is 1. The zero-order chi connectivity index (χ0) is 22.2. The fourth-order valence-corrected chi connectivity index (χ4v) is 4.90. The maximum absolute atomic E-state index is 13.4. The number of fused-ring (bicyclic) bond motifs is 1. The van der Waals surface area contributed by atoms with Gasteiger partial charge in [-0.3, -0.25) is 4.79 Å². The van der Waals surface area contributed by atoms with E-state index in [-0.39, 0.29) is 9.79 Å². The van der Waals surface area contributed by atoms with Gasteiger partial charge in [-0.25, -0.2) is 8.42 Å². The van der Waals surface area contributed by atoms with Gasteiger partial charge in [0.15, 0.2) is 0 Å². The molecule has 0 aliphatic carbocycles. The molecule has 0 saturated heterocycles. The van der Waals surface area contributed by atoms with Crippen LogP contribution < -0.4 is 10.2 Å². The molecule has 31 heavy (non-hydrogen) atoms. The first-order valence-corrected chi connectivity index (χ1v) is 11.4. The van der Waals surface area contributed by atoms with Gasteiger partial charge in [0.2, 0.25) is 15.3 Å². The van der Waals surface area contributed by atoms with Crippen molar-refractivity contribution in [3.8, 4) is 5.75 Å². The van der Waals surface area contributed by atoms with E-state index in [4.69, 9.17) is 4.74 Å². The lowest BCUT2D eigenvalue weighted by molar-refractivity contribution is 0.415. The highest BCUT2D eigenvalue weighted by Gasteiger charge is 2.24. The first kappa shape index (κ1) is 20.9. The first-order valence-electron chi connectivity index (χ1n) is 9.88. The van der Waals surface area contributed by atoms with Crippen molar-refractivity contribution in [1.82, 2.24) is 4.57 Å². The van der Waals surface area contributed by atoms with Crippen molar-refractivity contribution in [2.45, 2.75) is 30.2 Å². The molecule has 0 aliphatic heterocycles. The van der Waals surface area contributed by atoms with Gasteiger partial charge in [-0.2, -0.15) is 0 Å². The van der Waals surface area contributed by atoms with E-state index in [0.717, 1.165) is 16.7 Å². The summed E-state index contributed by atoms with van der Waals surface area (Å²) in [6.07, 6.45) is 1.45. The number of rotatable bonds is 5. The normalized spacial score (nSPS) is 11.6. The van der Waals surface area contributed by atoms with Crippen LogP contribution in [0.2, 0.25) is 0 Å². The van der Waals surface area contributed by atoms with Crippen molar-refractivity contribution in [3.63, 3.8) is 0 Å². The molecule has 4 aromatic rings. The molecule has 0 amide bonds. The highest BCUT2D eigenvalue weighted by molar-refractivity contribution is 7.91.